The number of aromatic nitrogens is 3. The van der Waals surface area contributed by atoms with Gasteiger partial charge in [-0.2, -0.15) is 17.6 Å². The molecular formula is C17H13F6N3O3. The third-order valence-electron chi connectivity index (χ3n) is 4.36. The topological polar surface area (TPSA) is 74.1 Å². The minimum atomic E-state index is -5.30. The molecule has 2 heterocycles. The number of nitrogens with zero attached hydrogens (tertiary/aromatic N) is 3. The van der Waals surface area contributed by atoms with Crippen LogP contribution in [-0.2, 0) is 17.3 Å². The molecule has 0 bridgehead atoms. The van der Waals surface area contributed by atoms with Crippen LogP contribution in [0.3, 0.4) is 0 Å². The van der Waals surface area contributed by atoms with Gasteiger partial charge in [0.15, 0.2) is 5.69 Å². The Hall–Kier alpha value is -2.92. The molecule has 0 unspecified atom stereocenters. The third-order valence-corrected chi connectivity index (χ3v) is 4.36. The second-order valence-electron chi connectivity index (χ2n) is 6.40. The molecule has 29 heavy (non-hydrogen) atoms. The monoisotopic (exact) mass is 421 g/mol. The van der Waals surface area contributed by atoms with Crippen molar-refractivity contribution in [3.63, 3.8) is 0 Å². The van der Waals surface area contributed by atoms with E-state index in [4.69, 9.17) is 0 Å². The fourth-order valence-corrected chi connectivity index (χ4v) is 2.92. The molecule has 0 amide bonds. The molecule has 1 saturated carbocycles. The van der Waals surface area contributed by atoms with Crippen molar-refractivity contribution in [1.29, 1.82) is 0 Å². The van der Waals surface area contributed by atoms with E-state index in [1.807, 2.05) is 0 Å². The summed E-state index contributed by atoms with van der Waals surface area (Å²) in [6, 6.07) is 0.730. The summed E-state index contributed by atoms with van der Waals surface area (Å²) < 4.78 is 85.9. The highest BCUT2D eigenvalue weighted by molar-refractivity contribution is 6.02. The molecule has 1 fully saturated rings. The zero-order valence-corrected chi connectivity index (χ0v) is 14.8. The lowest BCUT2D eigenvalue weighted by Crippen LogP contribution is -2.27. The summed E-state index contributed by atoms with van der Waals surface area (Å²) in [6.45, 7) is 0. The van der Waals surface area contributed by atoms with Gasteiger partial charge in [0.05, 0.1) is 18.2 Å². The Labute approximate surface area is 159 Å². The predicted molar refractivity (Wildman–Crippen MR) is 83.9 cm³/mol. The Morgan fingerprint density at radius 1 is 1.28 bits per heavy atom. The number of pyridine rings is 1. The van der Waals surface area contributed by atoms with E-state index in [0.717, 1.165) is 19.4 Å². The minimum Gasteiger partial charge on any atom is -0.465 e. The SMILES string of the molecule is COC(=O)c1c(C(F)F)nc(C(F)(F)F)c(C(=O)n2ccc(F)n2)c1CC1CC1. The van der Waals surface area contributed by atoms with Gasteiger partial charge < -0.3 is 4.74 Å². The van der Waals surface area contributed by atoms with Crippen LogP contribution in [0, 0.1) is 11.9 Å². The average Bonchev–Trinajstić information content (AvgIpc) is 3.36. The number of ether oxygens (including phenoxy) is 1. The highest BCUT2D eigenvalue weighted by Gasteiger charge is 2.44. The van der Waals surface area contributed by atoms with Crippen LogP contribution in [0.1, 0.15) is 56.9 Å². The lowest BCUT2D eigenvalue weighted by atomic mass is 9.92. The van der Waals surface area contributed by atoms with Gasteiger partial charge in [-0.25, -0.2) is 23.2 Å². The number of hydrogen-bond donors (Lipinski definition) is 0. The van der Waals surface area contributed by atoms with Crippen LogP contribution in [0.4, 0.5) is 26.3 Å². The normalized spacial score (nSPS) is 14.3. The van der Waals surface area contributed by atoms with Crippen molar-refractivity contribution >= 4 is 11.9 Å². The molecule has 156 valence electrons. The first-order chi connectivity index (χ1) is 13.5. The van der Waals surface area contributed by atoms with E-state index in [1.54, 1.807) is 0 Å². The first kappa shape index (κ1) is 20.8. The van der Waals surface area contributed by atoms with E-state index in [2.05, 4.69) is 14.8 Å². The van der Waals surface area contributed by atoms with E-state index in [9.17, 15) is 35.9 Å². The van der Waals surface area contributed by atoms with Gasteiger partial charge in [-0.05, 0) is 30.7 Å². The molecule has 2 aromatic rings. The van der Waals surface area contributed by atoms with Crippen LogP contribution in [0.5, 0.6) is 0 Å². The zero-order chi connectivity index (χ0) is 21.5. The minimum absolute atomic E-state index is 0.201. The zero-order valence-electron chi connectivity index (χ0n) is 14.8. The lowest BCUT2D eigenvalue weighted by Gasteiger charge is -2.20. The molecular weight excluding hydrogens is 408 g/mol. The summed E-state index contributed by atoms with van der Waals surface area (Å²) in [7, 11) is 0.862. The Bertz CT molecular complexity index is 966. The number of halogens is 6. The first-order valence-electron chi connectivity index (χ1n) is 8.30. The third kappa shape index (κ3) is 4.10. The maximum Gasteiger partial charge on any atom is 0.434 e. The molecule has 0 aliphatic heterocycles. The molecule has 0 N–H and O–H groups in total. The molecule has 1 aliphatic carbocycles. The summed E-state index contributed by atoms with van der Waals surface area (Å²) in [5.41, 5.74) is -5.89. The van der Waals surface area contributed by atoms with E-state index in [-0.39, 0.29) is 12.3 Å². The standard InChI is InChI=1S/C17H13F6N3O3/c1-29-16(28)10-8(6-7-2-3-7)11(15(27)26-5-4-9(18)25-26)13(17(21,22)23)24-12(10)14(19)20/h4-5,7,14H,2-3,6H2,1H3. The summed E-state index contributed by atoms with van der Waals surface area (Å²) in [5, 5.41) is 3.14. The molecule has 0 radical (unpaired) electrons. The van der Waals surface area contributed by atoms with Gasteiger partial charge in [-0.1, -0.05) is 0 Å². The highest BCUT2D eigenvalue weighted by atomic mass is 19.4. The van der Waals surface area contributed by atoms with E-state index < -0.39 is 58.5 Å². The Balaban J connectivity index is 2.38. The molecule has 0 atom stereocenters. The molecule has 0 spiro atoms. The van der Waals surface area contributed by atoms with Gasteiger partial charge in [0.2, 0.25) is 5.95 Å². The van der Waals surface area contributed by atoms with E-state index >= 15 is 0 Å². The largest absolute Gasteiger partial charge is 0.465 e. The second kappa shape index (κ2) is 7.48. The smallest absolute Gasteiger partial charge is 0.434 e. The van der Waals surface area contributed by atoms with Crippen LogP contribution < -0.4 is 0 Å². The number of methoxy groups -OCH3 is 1. The van der Waals surface area contributed by atoms with Crippen molar-refractivity contribution < 1.29 is 40.7 Å². The van der Waals surface area contributed by atoms with Crippen LogP contribution >= 0.6 is 0 Å². The Morgan fingerprint density at radius 2 is 1.93 bits per heavy atom. The van der Waals surface area contributed by atoms with Crippen LogP contribution in [-0.4, -0.2) is 33.8 Å². The number of carbonyl (C=O) groups is 2. The fraction of sp³-hybridized carbons (Fsp3) is 0.412. The van der Waals surface area contributed by atoms with Crippen LogP contribution in [0.15, 0.2) is 12.3 Å². The first-order valence-corrected chi connectivity index (χ1v) is 8.30. The predicted octanol–water partition coefficient (Wildman–Crippen LogP) is 3.80. The highest BCUT2D eigenvalue weighted by Crippen LogP contribution is 2.41. The number of alkyl halides is 5. The molecule has 12 heteroatoms. The van der Waals surface area contributed by atoms with Gasteiger partial charge in [-0.15, -0.1) is 5.10 Å². The number of esters is 1. The van der Waals surface area contributed by atoms with Gasteiger partial charge in [0, 0.05) is 12.3 Å². The number of rotatable bonds is 5. The lowest BCUT2D eigenvalue weighted by molar-refractivity contribution is -0.141. The summed E-state index contributed by atoms with van der Waals surface area (Å²) in [5.74, 6) is -4.14. The second-order valence-corrected chi connectivity index (χ2v) is 6.40. The van der Waals surface area contributed by atoms with Gasteiger partial charge in [0.25, 0.3) is 12.3 Å². The maximum atomic E-state index is 13.6. The summed E-state index contributed by atoms with van der Waals surface area (Å²) in [4.78, 5) is 27.8. The van der Waals surface area contributed by atoms with Crippen molar-refractivity contribution in [3.05, 3.63) is 46.3 Å². The molecule has 0 aromatic carbocycles. The van der Waals surface area contributed by atoms with Crippen molar-refractivity contribution in [2.75, 3.05) is 7.11 Å². The van der Waals surface area contributed by atoms with Crippen molar-refractivity contribution in [2.45, 2.75) is 31.9 Å². The van der Waals surface area contributed by atoms with Crippen molar-refractivity contribution in [3.8, 4) is 0 Å². The average molecular weight is 421 g/mol. The van der Waals surface area contributed by atoms with E-state index in [1.165, 1.54) is 0 Å². The van der Waals surface area contributed by atoms with Crippen molar-refractivity contribution in [2.24, 2.45) is 5.92 Å². The Morgan fingerprint density at radius 3 is 2.38 bits per heavy atom. The molecule has 6 nitrogen and oxygen atoms in total. The van der Waals surface area contributed by atoms with Gasteiger partial charge in [0.1, 0.15) is 5.69 Å². The van der Waals surface area contributed by atoms with Gasteiger partial charge in [-0.3, -0.25) is 4.79 Å². The number of hydrogen-bond acceptors (Lipinski definition) is 5. The van der Waals surface area contributed by atoms with Crippen LogP contribution in [0.2, 0.25) is 0 Å². The van der Waals surface area contributed by atoms with Crippen molar-refractivity contribution in [1.82, 2.24) is 14.8 Å². The Kier molecular flexibility index (Phi) is 5.37. The molecule has 1 aliphatic rings. The van der Waals surface area contributed by atoms with Gasteiger partial charge >= 0.3 is 12.1 Å². The molecule has 3 rings (SSSR count). The van der Waals surface area contributed by atoms with E-state index in [0.29, 0.717) is 17.5 Å². The molecule has 2 aromatic heterocycles. The quantitative estimate of drug-likeness (QED) is 0.543. The summed E-state index contributed by atoms with van der Waals surface area (Å²) >= 11 is 0. The number of carbonyl (C=O) groups excluding carboxylic acids is 2. The van der Waals surface area contributed by atoms with Crippen LogP contribution in [0.25, 0.3) is 0 Å². The maximum absolute atomic E-state index is 13.6. The summed E-state index contributed by atoms with van der Waals surface area (Å²) in [6.07, 6.45) is -7.14. The fourth-order valence-electron chi connectivity index (χ4n) is 2.92. The molecule has 0 saturated heterocycles.